The second-order valence-corrected chi connectivity index (χ2v) is 5.55. The van der Waals surface area contributed by atoms with E-state index in [2.05, 4.69) is 20.8 Å². The van der Waals surface area contributed by atoms with Crippen LogP contribution < -0.4 is 0 Å². The molecular formula is C17H22O2. The molecule has 0 radical (unpaired) electrons. The molecule has 0 saturated heterocycles. The molecule has 0 aromatic heterocycles. The molecule has 0 spiro atoms. The highest BCUT2D eigenvalue weighted by molar-refractivity contribution is 5.42. The summed E-state index contributed by atoms with van der Waals surface area (Å²) in [5.41, 5.74) is 2.22. The summed E-state index contributed by atoms with van der Waals surface area (Å²) in [6.07, 6.45) is 0. The summed E-state index contributed by atoms with van der Waals surface area (Å²) in [7, 11) is 0. The van der Waals surface area contributed by atoms with E-state index in [-0.39, 0.29) is 5.41 Å². The largest absolute Gasteiger partial charge is 0.508 e. The van der Waals surface area contributed by atoms with Gasteiger partial charge >= 0.3 is 0 Å². The molecule has 2 heteroatoms. The van der Waals surface area contributed by atoms with E-state index in [0.29, 0.717) is 11.5 Å². The number of aromatic hydroxyl groups is 2. The Hall–Kier alpha value is -1.96. The van der Waals surface area contributed by atoms with Crippen LogP contribution >= 0.6 is 0 Å². The fourth-order valence-corrected chi connectivity index (χ4v) is 2.06. The molecular weight excluding hydrogens is 236 g/mol. The fourth-order valence-electron chi connectivity index (χ4n) is 2.06. The molecule has 0 aliphatic heterocycles. The predicted molar refractivity (Wildman–Crippen MR) is 79.7 cm³/mol. The summed E-state index contributed by atoms with van der Waals surface area (Å²) < 4.78 is 0. The van der Waals surface area contributed by atoms with Crippen molar-refractivity contribution in [2.45, 2.75) is 33.1 Å². The molecule has 0 saturated carbocycles. The fraction of sp³-hybridized carbons (Fsp3) is 0.294. The maximum Gasteiger partial charge on any atom is 0.119 e. The molecule has 0 aliphatic carbocycles. The van der Waals surface area contributed by atoms with E-state index in [1.807, 2.05) is 25.1 Å². The number of hydrogen-bond acceptors (Lipinski definition) is 2. The summed E-state index contributed by atoms with van der Waals surface area (Å²) in [6.45, 7) is 8.35. The number of aryl methyl sites for hydroxylation is 1. The lowest BCUT2D eigenvalue weighted by Gasteiger charge is -2.22. The van der Waals surface area contributed by atoms with E-state index in [9.17, 15) is 5.11 Å². The summed E-state index contributed by atoms with van der Waals surface area (Å²) in [5, 5.41) is 18.3. The van der Waals surface area contributed by atoms with Gasteiger partial charge in [-0.3, -0.25) is 0 Å². The first-order valence-corrected chi connectivity index (χ1v) is 6.35. The van der Waals surface area contributed by atoms with Crippen molar-refractivity contribution in [3.05, 3.63) is 59.7 Å². The average Bonchev–Trinajstić information content (AvgIpc) is 2.28. The van der Waals surface area contributed by atoms with E-state index < -0.39 is 0 Å². The summed E-state index contributed by atoms with van der Waals surface area (Å²) in [5.74, 6) is 0.727. The average molecular weight is 258 g/mol. The van der Waals surface area contributed by atoms with Crippen LogP contribution in [0.5, 0.6) is 11.5 Å². The van der Waals surface area contributed by atoms with Crippen molar-refractivity contribution < 1.29 is 10.2 Å². The lowest BCUT2D eigenvalue weighted by atomic mass is 9.83. The molecule has 0 bridgehead atoms. The SMILES string of the molecule is Cc1cccc(O)c1C(C)(C)C.Oc1ccccc1. The van der Waals surface area contributed by atoms with Gasteiger partial charge in [0.25, 0.3) is 0 Å². The van der Waals surface area contributed by atoms with Crippen molar-refractivity contribution in [2.75, 3.05) is 0 Å². The van der Waals surface area contributed by atoms with Gasteiger partial charge in [0.15, 0.2) is 0 Å². The molecule has 2 N–H and O–H groups in total. The highest BCUT2D eigenvalue weighted by Crippen LogP contribution is 2.32. The van der Waals surface area contributed by atoms with Crippen LogP contribution in [-0.2, 0) is 5.41 Å². The van der Waals surface area contributed by atoms with Crippen LogP contribution in [0.25, 0.3) is 0 Å². The normalized spacial score (nSPS) is 10.5. The number of benzene rings is 2. The van der Waals surface area contributed by atoms with Gasteiger partial charge in [-0.05, 0) is 36.1 Å². The lowest BCUT2D eigenvalue weighted by Crippen LogP contribution is -2.13. The van der Waals surface area contributed by atoms with Gasteiger partial charge in [0, 0.05) is 5.56 Å². The molecule has 102 valence electrons. The van der Waals surface area contributed by atoms with E-state index >= 15 is 0 Å². The highest BCUT2D eigenvalue weighted by atomic mass is 16.3. The standard InChI is InChI=1S/C11H16O.C6H6O/c1-8-6-5-7-9(12)10(8)11(2,3)4;7-6-4-2-1-3-5-6/h5-7,12H,1-4H3;1-5,7H. The van der Waals surface area contributed by atoms with E-state index in [1.165, 1.54) is 0 Å². The van der Waals surface area contributed by atoms with Crippen LogP contribution in [0.1, 0.15) is 31.9 Å². The Morgan fingerprint density at radius 2 is 1.37 bits per heavy atom. The Labute approximate surface area is 115 Å². The van der Waals surface area contributed by atoms with Crippen molar-refractivity contribution in [3.63, 3.8) is 0 Å². The molecule has 0 aliphatic rings. The lowest BCUT2D eigenvalue weighted by molar-refractivity contribution is 0.445. The van der Waals surface area contributed by atoms with E-state index in [0.717, 1.165) is 11.1 Å². The number of para-hydroxylation sites is 1. The zero-order chi connectivity index (χ0) is 14.5. The van der Waals surface area contributed by atoms with Crippen molar-refractivity contribution in [3.8, 4) is 11.5 Å². The molecule has 2 aromatic rings. The molecule has 2 nitrogen and oxygen atoms in total. The van der Waals surface area contributed by atoms with Crippen molar-refractivity contribution in [1.29, 1.82) is 0 Å². The van der Waals surface area contributed by atoms with Crippen molar-refractivity contribution >= 4 is 0 Å². The van der Waals surface area contributed by atoms with Crippen LogP contribution in [0.2, 0.25) is 0 Å². The Morgan fingerprint density at radius 1 is 0.789 bits per heavy atom. The molecule has 0 atom stereocenters. The van der Waals surface area contributed by atoms with Crippen LogP contribution in [0.3, 0.4) is 0 Å². The Balaban J connectivity index is 0.000000218. The molecule has 0 fully saturated rings. The third-order valence-electron chi connectivity index (χ3n) is 2.76. The number of hydrogen-bond donors (Lipinski definition) is 2. The molecule has 0 amide bonds. The first kappa shape index (κ1) is 15.1. The molecule has 2 aromatic carbocycles. The van der Waals surface area contributed by atoms with Gasteiger partial charge in [0.05, 0.1) is 0 Å². The van der Waals surface area contributed by atoms with Crippen LogP contribution in [0.4, 0.5) is 0 Å². The third-order valence-corrected chi connectivity index (χ3v) is 2.76. The predicted octanol–water partition coefficient (Wildman–Crippen LogP) is 4.39. The number of phenols is 2. The number of rotatable bonds is 0. The molecule has 19 heavy (non-hydrogen) atoms. The van der Waals surface area contributed by atoms with Gasteiger partial charge < -0.3 is 10.2 Å². The maximum atomic E-state index is 9.63. The van der Waals surface area contributed by atoms with Crippen LogP contribution in [0, 0.1) is 6.92 Å². The van der Waals surface area contributed by atoms with Gasteiger partial charge in [0.2, 0.25) is 0 Å². The van der Waals surface area contributed by atoms with Gasteiger partial charge in [0.1, 0.15) is 11.5 Å². The smallest absolute Gasteiger partial charge is 0.119 e. The Morgan fingerprint density at radius 3 is 1.68 bits per heavy atom. The van der Waals surface area contributed by atoms with Gasteiger partial charge in [-0.25, -0.2) is 0 Å². The Bertz CT molecular complexity index is 490. The first-order chi connectivity index (χ1) is 8.82. The quantitative estimate of drug-likeness (QED) is 0.735. The zero-order valence-electron chi connectivity index (χ0n) is 12.0. The number of phenolic OH excluding ortho intramolecular Hbond substituents is 2. The summed E-state index contributed by atoms with van der Waals surface area (Å²) in [4.78, 5) is 0. The topological polar surface area (TPSA) is 40.5 Å². The summed E-state index contributed by atoms with van der Waals surface area (Å²) in [6, 6.07) is 14.4. The molecule has 2 rings (SSSR count). The highest BCUT2D eigenvalue weighted by Gasteiger charge is 2.19. The van der Waals surface area contributed by atoms with Crippen molar-refractivity contribution in [1.82, 2.24) is 0 Å². The van der Waals surface area contributed by atoms with Gasteiger partial charge in [-0.1, -0.05) is 51.1 Å². The Kier molecular flexibility index (Phi) is 4.99. The van der Waals surface area contributed by atoms with E-state index in [1.54, 1.807) is 30.3 Å². The first-order valence-electron chi connectivity index (χ1n) is 6.35. The van der Waals surface area contributed by atoms with E-state index in [4.69, 9.17) is 5.11 Å². The minimum atomic E-state index is 0.0232. The second kappa shape index (κ2) is 6.28. The molecule has 0 unspecified atom stereocenters. The minimum absolute atomic E-state index is 0.0232. The monoisotopic (exact) mass is 258 g/mol. The maximum absolute atomic E-state index is 9.63. The minimum Gasteiger partial charge on any atom is -0.508 e. The van der Waals surface area contributed by atoms with Gasteiger partial charge in [-0.2, -0.15) is 0 Å². The van der Waals surface area contributed by atoms with Gasteiger partial charge in [-0.15, -0.1) is 0 Å². The second-order valence-electron chi connectivity index (χ2n) is 5.55. The van der Waals surface area contributed by atoms with Crippen LogP contribution in [0.15, 0.2) is 48.5 Å². The third kappa shape index (κ3) is 4.66. The van der Waals surface area contributed by atoms with Crippen molar-refractivity contribution in [2.24, 2.45) is 0 Å². The summed E-state index contributed by atoms with van der Waals surface area (Å²) >= 11 is 0. The molecule has 0 heterocycles. The van der Waals surface area contributed by atoms with Crippen LogP contribution in [-0.4, -0.2) is 10.2 Å². The zero-order valence-corrected chi connectivity index (χ0v) is 12.0.